The summed E-state index contributed by atoms with van der Waals surface area (Å²) in [6, 6.07) is 20.2. The van der Waals surface area contributed by atoms with Crippen molar-refractivity contribution >= 4 is 56.0 Å². The van der Waals surface area contributed by atoms with Gasteiger partial charge in [0.15, 0.2) is 0 Å². The van der Waals surface area contributed by atoms with Crippen LogP contribution in [0.4, 0.5) is 0 Å². The van der Waals surface area contributed by atoms with Gasteiger partial charge in [-0.1, -0.05) is 53.5 Å². The van der Waals surface area contributed by atoms with Gasteiger partial charge in [-0.25, -0.2) is 13.1 Å². The standard InChI is InChI=1S/C23H20Cl2N4O2S2/c1-14-20(28-33(30,31)21-4-2-3-19-22(21)27-32-26-19)13-29(14)23(15-5-9-17(24)10-6-15)16-7-11-18(25)12-8-16/h2-12,14,20,23,28H,13H2,1H3/t14-,20+/m1/s1. The molecule has 0 unspecified atom stereocenters. The Bertz CT molecular complexity index is 1350. The largest absolute Gasteiger partial charge is 0.286 e. The van der Waals surface area contributed by atoms with Crippen molar-refractivity contribution in [3.63, 3.8) is 0 Å². The van der Waals surface area contributed by atoms with Crippen LogP contribution in [0.5, 0.6) is 0 Å². The lowest BCUT2D eigenvalue weighted by molar-refractivity contribution is 0.0370. The van der Waals surface area contributed by atoms with Gasteiger partial charge in [-0.05, 0) is 54.4 Å². The number of likely N-dealkylation sites (tertiary alicyclic amines) is 1. The summed E-state index contributed by atoms with van der Waals surface area (Å²) in [4.78, 5) is 2.43. The average Bonchev–Trinajstić information content (AvgIpc) is 3.29. The predicted octanol–water partition coefficient (Wildman–Crippen LogP) is 5.14. The van der Waals surface area contributed by atoms with Crippen molar-refractivity contribution < 1.29 is 8.42 Å². The van der Waals surface area contributed by atoms with Crippen LogP contribution in [-0.2, 0) is 10.0 Å². The third-order valence-electron chi connectivity index (χ3n) is 6.06. The molecule has 0 amide bonds. The van der Waals surface area contributed by atoms with Crippen LogP contribution >= 0.6 is 34.9 Å². The summed E-state index contributed by atoms with van der Waals surface area (Å²) < 4.78 is 37.5. The minimum Gasteiger partial charge on any atom is -0.286 e. The van der Waals surface area contributed by atoms with Gasteiger partial charge in [0.2, 0.25) is 10.0 Å². The minimum absolute atomic E-state index is 0.0381. The number of fused-ring (bicyclic) bond motifs is 1. The summed E-state index contributed by atoms with van der Waals surface area (Å²) in [5.74, 6) is 0. The summed E-state index contributed by atoms with van der Waals surface area (Å²) in [5, 5.41) is 1.34. The zero-order valence-electron chi connectivity index (χ0n) is 17.5. The SMILES string of the molecule is C[C@@H]1[C@@H](NS(=O)(=O)c2cccc3nsnc23)CN1C(c1ccc(Cl)cc1)c1ccc(Cl)cc1. The van der Waals surface area contributed by atoms with E-state index in [1.807, 2.05) is 55.5 Å². The molecule has 3 aromatic carbocycles. The zero-order valence-corrected chi connectivity index (χ0v) is 20.7. The molecule has 1 fully saturated rings. The molecule has 10 heteroatoms. The van der Waals surface area contributed by atoms with Gasteiger partial charge >= 0.3 is 0 Å². The zero-order chi connectivity index (χ0) is 23.2. The molecule has 2 atom stereocenters. The average molecular weight is 519 g/mol. The highest BCUT2D eigenvalue weighted by atomic mass is 35.5. The molecule has 0 saturated carbocycles. The van der Waals surface area contributed by atoms with E-state index in [0.717, 1.165) is 22.9 Å². The fourth-order valence-electron chi connectivity index (χ4n) is 4.24. The summed E-state index contributed by atoms with van der Waals surface area (Å²) in [7, 11) is -3.75. The Morgan fingerprint density at radius 3 is 2.15 bits per heavy atom. The number of nitrogens with one attached hydrogen (secondary N) is 1. The van der Waals surface area contributed by atoms with Gasteiger partial charge in [0.1, 0.15) is 15.9 Å². The van der Waals surface area contributed by atoms with E-state index in [-0.39, 0.29) is 23.0 Å². The molecule has 170 valence electrons. The van der Waals surface area contributed by atoms with Gasteiger partial charge in [0.25, 0.3) is 0 Å². The molecule has 0 radical (unpaired) electrons. The van der Waals surface area contributed by atoms with Crippen molar-refractivity contribution in [1.82, 2.24) is 18.4 Å². The van der Waals surface area contributed by atoms with Crippen molar-refractivity contribution in [1.29, 1.82) is 0 Å². The van der Waals surface area contributed by atoms with E-state index in [1.54, 1.807) is 18.2 Å². The van der Waals surface area contributed by atoms with E-state index < -0.39 is 10.0 Å². The van der Waals surface area contributed by atoms with Crippen molar-refractivity contribution in [2.75, 3.05) is 6.54 Å². The van der Waals surface area contributed by atoms with Crippen molar-refractivity contribution in [3.05, 3.63) is 87.9 Å². The molecule has 0 bridgehead atoms. The number of aromatic nitrogens is 2. The Balaban J connectivity index is 1.40. The van der Waals surface area contributed by atoms with E-state index in [4.69, 9.17) is 23.2 Å². The van der Waals surface area contributed by atoms with E-state index in [0.29, 0.717) is 27.6 Å². The van der Waals surface area contributed by atoms with Crippen LogP contribution in [0, 0.1) is 0 Å². The summed E-state index contributed by atoms with van der Waals surface area (Å²) in [5.41, 5.74) is 3.14. The fraction of sp³-hybridized carbons (Fsp3) is 0.217. The Labute approximate surface area is 206 Å². The molecule has 2 heterocycles. The first-order valence-corrected chi connectivity index (χ1v) is 13.3. The lowest BCUT2D eigenvalue weighted by Gasteiger charge is -2.50. The van der Waals surface area contributed by atoms with Gasteiger partial charge in [-0.15, -0.1) is 0 Å². The topological polar surface area (TPSA) is 75.2 Å². The molecule has 1 saturated heterocycles. The van der Waals surface area contributed by atoms with Crippen LogP contribution in [0.1, 0.15) is 24.1 Å². The van der Waals surface area contributed by atoms with E-state index in [9.17, 15) is 8.42 Å². The first kappa shape index (κ1) is 22.7. The van der Waals surface area contributed by atoms with E-state index in [2.05, 4.69) is 18.4 Å². The first-order valence-electron chi connectivity index (χ1n) is 10.3. The maximum atomic E-state index is 13.2. The van der Waals surface area contributed by atoms with Gasteiger partial charge < -0.3 is 0 Å². The number of halogens is 2. The number of hydrogen-bond acceptors (Lipinski definition) is 6. The highest BCUT2D eigenvalue weighted by molar-refractivity contribution is 7.89. The Morgan fingerprint density at radius 2 is 1.58 bits per heavy atom. The van der Waals surface area contributed by atoms with Crippen LogP contribution < -0.4 is 4.72 Å². The maximum absolute atomic E-state index is 13.2. The predicted molar refractivity (Wildman–Crippen MR) is 132 cm³/mol. The number of rotatable bonds is 6. The van der Waals surface area contributed by atoms with Crippen molar-refractivity contribution in [2.24, 2.45) is 0 Å². The molecular formula is C23H20Cl2N4O2S2. The van der Waals surface area contributed by atoms with Crippen molar-refractivity contribution in [3.8, 4) is 0 Å². The fourth-order valence-corrected chi connectivity index (χ4v) is 6.56. The first-order chi connectivity index (χ1) is 15.8. The second-order valence-corrected chi connectivity index (χ2v) is 11.1. The maximum Gasteiger partial charge on any atom is 0.243 e. The number of hydrogen-bond donors (Lipinski definition) is 1. The van der Waals surface area contributed by atoms with Crippen LogP contribution in [-0.4, -0.2) is 40.7 Å². The number of sulfonamides is 1. The van der Waals surface area contributed by atoms with Crippen LogP contribution in [0.25, 0.3) is 11.0 Å². The highest BCUT2D eigenvalue weighted by Gasteiger charge is 2.43. The molecule has 4 aromatic rings. The third kappa shape index (κ3) is 4.39. The molecule has 1 aromatic heterocycles. The van der Waals surface area contributed by atoms with E-state index >= 15 is 0 Å². The molecule has 6 nitrogen and oxygen atoms in total. The van der Waals surface area contributed by atoms with Gasteiger partial charge in [-0.3, -0.25) is 4.90 Å². The molecule has 1 N–H and O–H groups in total. The van der Waals surface area contributed by atoms with Gasteiger partial charge in [0, 0.05) is 22.6 Å². The number of nitrogens with zero attached hydrogens (tertiary/aromatic N) is 3. The van der Waals surface area contributed by atoms with E-state index in [1.165, 1.54) is 0 Å². The normalized spacial score (nSPS) is 19.2. The highest BCUT2D eigenvalue weighted by Crippen LogP contribution is 2.37. The minimum atomic E-state index is -3.75. The van der Waals surface area contributed by atoms with Crippen molar-refractivity contribution in [2.45, 2.75) is 29.9 Å². The summed E-state index contributed by atoms with van der Waals surface area (Å²) in [6.07, 6.45) is 0. The Hall–Kier alpha value is -2.07. The lowest BCUT2D eigenvalue weighted by atomic mass is 9.89. The second kappa shape index (κ2) is 8.94. The molecular weight excluding hydrogens is 499 g/mol. The Kier molecular flexibility index (Phi) is 6.15. The number of benzene rings is 3. The third-order valence-corrected chi connectivity index (χ3v) is 8.63. The van der Waals surface area contributed by atoms with Gasteiger partial charge in [0.05, 0.1) is 23.8 Å². The van der Waals surface area contributed by atoms with Crippen LogP contribution in [0.2, 0.25) is 10.0 Å². The molecule has 1 aliphatic heterocycles. The molecule has 0 aliphatic carbocycles. The molecule has 0 spiro atoms. The monoisotopic (exact) mass is 518 g/mol. The Morgan fingerprint density at radius 1 is 0.970 bits per heavy atom. The summed E-state index contributed by atoms with van der Waals surface area (Å²) in [6.45, 7) is 2.59. The lowest BCUT2D eigenvalue weighted by Crippen LogP contribution is -2.66. The summed E-state index contributed by atoms with van der Waals surface area (Å²) >= 11 is 13.2. The second-order valence-electron chi connectivity index (χ2n) is 8.06. The van der Waals surface area contributed by atoms with Gasteiger partial charge in [-0.2, -0.15) is 8.75 Å². The molecule has 1 aliphatic rings. The molecule has 33 heavy (non-hydrogen) atoms. The smallest absolute Gasteiger partial charge is 0.243 e. The quantitative estimate of drug-likeness (QED) is 0.382. The molecule has 5 rings (SSSR count). The van der Waals surface area contributed by atoms with Crippen LogP contribution in [0.3, 0.4) is 0 Å². The van der Waals surface area contributed by atoms with Crippen LogP contribution in [0.15, 0.2) is 71.6 Å².